The molecule has 2 rings (SSSR count). The van der Waals surface area contributed by atoms with Crippen molar-refractivity contribution in [3.05, 3.63) is 60.7 Å². The third-order valence-electron chi connectivity index (χ3n) is 3.65. The predicted octanol–water partition coefficient (Wildman–Crippen LogP) is 3.79. The number of benzene rings is 2. The summed E-state index contributed by atoms with van der Waals surface area (Å²) in [5, 5.41) is 0. The van der Waals surface area contributed by atoms with Gasteiger partial charge in [-0.15, -0.1) is 0 Å². The van der Waals surface area contributed by atoms with E-state index in [0.29, 0.717) is 24.3 Å². The van der Waals surface area contributed by atoms with Crippen LogP contribution in [0.5, 0.6) is 11.5 Å². The van der Waals surface area contributed by atoms with Crippen molar-refractivity contribution in [2.24, 2.45) is 0 Å². The second-order valence-electron chi connectivity index (χ2n) is 6.04. The first-order valence-electron chi connectivity index (χ1n) is 9.42. The van der Waals surface area contributed by atoms with Crippen molar-refractivity contribution in [1.82, 2.24) is 0 Å². The molecule has 150 valence electrons. The Kier molecular flexibility index (Phi) is 8.85. The summed E-state index contributed by atoms with van der Waals surface area (Å²) in [6, 6.07) is 17.5. The Balaban J connectivity index is 2.30. The Morgan fingerprint density at radius 1 is 0.679 bits per heavy atom. The highest BCUT2D eigenvalue weighted by Gasteiger charge is 2.40. The third kappa shape index (κ3) is 6.61. The number of carbonyl (C=O) groups is 2. The van der Waals surface area contributed by atoms with Gasteiger partial charge in [0, 0.05) is 0 Å². The lowest BCUT2D eigenvalue weighted by Crippen LogP contribution is -2.49. The highest BCUT2D eigenvalue weighted by Crippen LogP contribution is 2.20. The molecule has 0 fully saturated rings. The molecule has 6 heteroatoms. The van der Waals surface area contributed by atoms with Gasteiger partial charge in [0.15, 0.2) is 0 Å². The molecule has 0 aromatic heterocycles. The summed E-state index contributed by atoms with van der Waals surface area (Å²) in [6.07, 6.45) is -1.32. The van der Waals surface area contributed by atoms with Crippen LogP contribution in [0.1, 0.15) is 26.7 Å². The molecule has 0 aliphatic heterocycles. The lowest BCUT2D eigenvalue weighted by molar-refractivity contribution is -0.169. The predicted molar refractivity (Wildman–Crippen MR) is 104 cm³/mol. The van der Waals surface area contributed by atoms with Crippen molar-refractivity contribution in [3.8, 4) is 11.5 Å². The minimum absolute atomic E-state index is 0.218. The van der Waals surface area contributed by atoms with Crippen LogP contribution in [0.3, 0.4) is 0 Å². The summed E-state index contributed by atoms with van der Waals surface area (Å²) in [5.41, 5.74) is 0. The fourth-order valence-electron chi connectivity index (χ4n) is 2.33. The first-order valence-corrected chi connectivity index (χ1v) is 9.42. The van der Waals surface area contributed by atoms with Crippen LogP contribution in [-0.2, 0) is 19.1 Å². The van der Waals surface area contributed by atoms with Crippen LogP contribution < -0.4 is 9.47 Å². The van der Waals surface area contributed by atoms with E-state index in [1.807, 2.05) is 26.0 Å². The quantitative estimate of drug-likeness (QED) is 0.547. The Morgan fingerprint density at radius 3 is 1.36 bits per heavy atom. The van der Waals surface area contributed by atoms with E-state index in [2.05, 4.69) is 0 Å². The van der Waals surface area contributed by atoms with Gasteiger partial charge in [-0.05, 0) is 37.1 Å². The molecule has 0 saturated carbocycles. The number of ether oxygens (including phenoxy) is 4. The molecule has 0 aliphatic rings. The van der Waals surface area contributed by atoms with Gasteiger partial charge in [-0.3, -0.25) is 0 Å². The fraction of sp³-hybridized carbons (Fsp3) is 0.364. The molecule has 0 heterocycles. The Morgan fingerprint density at radius 2 is 1.04 bits per heavy atom. The normalized spacial score (nSPS) is 12.5. The van der Waals surface area contributed by atoms with Crippen molar-refractivity contribution in [3.63, 3.8) is 0 Å². The zero-order valence-electron chi connectivity index (χ0n) is 16.2. The molecule has 0 bridgehead atoms. The summed E-state index contributed by atoms with van der Waals surface area (Å²) in [7, 11) is 0. The maximum atomic E-state index is 12.7. The van der Waals surface area contributed by atoms with Crippen LogP contribution >= 0.6 is 0 Å². The van der Waals surface area contributed by atoms with E-state index < -0.39 is 24.1 Å². The van der Waals surface area contributed by atoms with Crippen molar-refractivity contribution >= 4 is 11.9 Å². The number of rotatable bonds is 11. The van der Waals surface area contributed by atoms with Crippen LogP contribution in [0.15, 0.2) is 60.7 Å². The molecule has 2 aromatic rings. The topological polar surface area (TPSA) is 71.1 Å². The summed E-state index contributed by atoms with van der Waals surface area (Å²) >= 11 is 0. The summed E-state index contributed by atoms with van der Waals surface area (Å²) in [6.45, 7) is 4.20. The second kappa shape index (κ2) is 11.6. The van der Waals surface area contributed by atoms with E-state index in [1.54, 1.807) is 48.5 Å². The molecule has 0 aliphatic carbocycles. The third-order valence-corrected chi connectivity index (χ3v) is 3.65. The number of hydrogen-bond acceptors (Lipinski definition) is 6. The molecule has 28 heavy (non-hydrogen) atoms. The van der Waals surface area contributed by atoms with Gasteiger partial charge in [0.25, 0.3) is 0 Å². The molecule has 0 radical (unpaired) electrons. The Hall–Kier alpha value is -3.02. The van der Waals surface area contributed by atoms with E-state index in [-0.39, 0.29) is 13.2 Å². The van der Waals surface area contributed by atoms with E-state index >= 15 is 0 Å². The van der Waals surface area contributed by atoms with Gasteiger partial charge in [-0.25, -0.2) is 9.59 Å². The monoisotopic (exact) mass is 386 g/mol. The number of esters is 2. The molecule has 2 aromatic carbocycles. The first kappa shape index (κ1) is 21.3. The van der Waals surface area contributed by atoms with Crippen LogP contribution in [-0.4, -0.2) is 37.4 Å². The number of hydrogen-bond donors (Lipinski definition) is 0. The average Bonchev–Trinajstić information content (AvgIpc) is 2.74. The van der Waals surface area contributed by atoms with Crippen LogP contribution in [0.25, 0.3) is 0 Å². The first-order chi connectivity index (χ1) is 13.7. The van der Waals surface area contributed by atoms with Crippen LogP contribution in [0.4, 0.5) is 0 Å². The average molecular weight is 386 g/mol. The second-order valence-corrected chi connectivity index (χ2v) is 6.04. The highest BCUT2D eigenvalue weighted by atomic mass is 16.6. The Labute approximate surface area is 165 Å². The van der Waals surface area contributed by atoms with Gasteiger partial charge in [-0.1, -0.05) is 50.2 Å². The molecule has 2 atom stereocenters. The van der Waals surface area contributed by atoms with Gasteiger partial charge in [0.05, 0.1) is 13.2 Å². The SMILES string of the molecule is CCCOC(=O)C(Oc1ccccc1)C(Oc1ccccc1)C(=O)OCCC. The standard InChI is InChI=1S/C22H26O6/c1-3-15-25-21(23)19(27-17-11-7-5-8-12-17)20(22(24)26-16-4-2)28-18-13-9-6-10-14-18/h5-14,19-20H,3-4,15-16H2,1-2H3. The molecule has 0 spiro atoms. The molecular formula is C22H26O6. The van der Waals surface area contributed by atoms with Crippen molar-refractivity contribution in [2.45, 2.75) is 38.9 Å². The van der Waals surface area contributed by atoms with E-state index in [0.717, 1.165) is 0 Å². The maximum absolute atomic E-state index is 12.7. The summed E-state index contributed by atoms with van der Waals surface area (Å²) in [5.74, 6) is -0.517. The highest BCUT2D eigenvalue weighted by molar-refractivity contribution is 5.86. The lowest BCUT2D eigenvalue weighted by Gasteiger charge is -2.25. The number of carbonyl (C=O) groups excluding carboxylic acids is 2. The Bertz CT molecular complexity index is 653. The zero-order chi connectivity index (χ0) is 20.2. The van der Waals surface area contributed by atoms with Crippen molar-refractivity contribution in [1.29, 1.82) is 0 Å². The van der Waals surface area contributed by atoms with Gasteiger partial charge in [-0.2, -0.15) is 0 Å². The molecule has 0 amide bonds. The van der Waals surface area contributed by atoms with Crippen LogP contribution in [0, 0.1) is 0 Å². The minimum Gasteiger partial charge on any atom is -0.474 e. The summed E-state index contributed by atoms with van der Waals surface area (Å²) < 4.78 is 22.1. The molecule has 6 nitrogen and oxygen atoms in total. The van der Waals surface area contributed by atoms with Crippen molar-refractivity contribution < 1.29 is 28.5 Å². The molecule has 2 unspecified atom stereocenters. The van der Waals surface area contributed by atoms with Crippen LogP contribution in [0.2, 0.25) is 0 Å². The largest absolute Gasteiger partial charge is 0.474 e. The smallest absolute Gasteiger partial charge is 0.351 e. The van der Waals surface area contributed by atoms with E-state index in [9.17, 15) is 9.59 Å². The molecule has 0 N–H and O–H groups in total. The molecular weight excluding hydrogens is 360 g/mol. The number of para-hydroxylation sites is 2. The summed E-state index contributed by atoms with van der Waals surface area (Å²) in [4.78, 5) is 25.4. The maximum Gasteiger partial charge on any atom is 0.351 e. The van der Waals surface area contributed by atoms with Gasteiger partial charge < -0.3 is 18.9 Å². The van der Waals surface area contributed by atoms with Gasteiger partial charge in [0.2, 0.25) is 12.2 Å². The van der Waals surface area contributed by atoms with E-state index in [1.165, 1.54) is 0 Å². The fourth-order valence-corrected chi connectivity index (χ4v) is 2.33. The lowest BCUT2D eigenvalue weighted by atomic mass is 10.2. The van der Waals surface area contributed by atoms with Gasteiger partial charge in [0.1, 0.15) is 11.5 Å². The van der Waals surface area contributed by atoms with E-state index in [4.69, 9.17) is 18.9 Å². The van der Waals surface area contributed by atoms with Gasteiger partial charge >= 0.3 is 11.9 Å². The zero-order valence-corrected chi connectivity index (χ0v) is 16.2. The molecule has 0 saturated heterocycles. The minimum atomic E-state index is -1.31. The van der Waals surface area contributed by atoms with Crippen molar-refractivity contribution in [2.75, 3.05) is 13.2 Å².